The van der Waals surface area contributed by atoms with Gasteiger partial charge in [-0.15, -0.1) is 0 Å². The van der Waals surface area contributed by atoms with E-state index >= 15 is 0 Å². The SMILES string of the molecule is COC1CCN(C(=O)C2(N)CC2)CC1. The number of piperidine rings is 1. The highest BCUT2D eigenvalue weighted by Gasteiger charge is 2.48. The number of rotatable bonds is 2. The molecule has 1 heterocycles. The molecule has 1 saturated carbocycles. The Balaban J connectivity index is 1.86. The van der Waals surface area contributed by atoms with Gasteiger partial charge < -0.3 is 15.4 Å². The second kappa shape index (κ2) is 3.51. The first-order chi connectivity index (χ1) is 6.65. The summed E-state index contributed by atoms with van der Waals surface area (Å²) in [5.41, 5.74) is 5.37. The van der Waals surface area contributed by atoms with E-state index in [1.807, 2.05) is 4.90 Å². The number of carbonyl (C=O) groups excluding carboxylic acids is 1. The Morgan fingerprint density at radius 1 is 1.43 bits per heavy atom. The van der Waals surface area contributed by atoms with Crippen LogP contribution in [0.2, 0.25) is 0 Å². The van der Waals surface area contributed by atoms with Crippen molar-refractivity contribution in [3.63, 3.8) is 0 Å². The Hall–Kier alpha value is -0.610. The Morgan fingerprint density at radius 3 is 2.43 bits per heavy atom. The van der Waals surface area contributed by atoms with Gasteiger partial charge in [-0.2, -0.15) is 0 Å². The van der Waals surface area contributed by atoms with Crippen molar-refractivity contribution >= 4 is 5.91 Å². The van der Waals surface area contributed by atoms with Crippen molar-refractivity contribution in [3.8, 4) is 0 Å². The minimum absolute atomic E-state index is 0.145. The molecule has 2 rings (SSSR count). The third-order valence-electron chi connectivity index (χ3n) is 3.28. The maximum Gasteiger partial charge on any atom is 0.242 e. The lowest BCUT2D eigenvalue weighted by atomic mass is 10.1. The lowest BCUT2D eigenvalue weighted by Crippen LogP contribution is -2.49. The summed E-state index contributed by atoms with van der Waals surface area (Å²) in [7, 11) is 1.73. The molecule has 80 valence electrons. The summed E-state index contributed by atoms with van der Waals surface area (Å²) in [6, 6.07) is 0. The number of carbonyl (C=O) groups is 1. The second-order valence-electron chi connectivity index (χ2n) is 4.38. The predicted molar refractivity (Wildman–Crippen MR) is 52.8 cm³/mol. The molecule has 2 fully saturated rings. The minimum Gasteiger partial charge on any atom is -0.381 e. The molecule has 0 aromatic heterocycles. The first kappa shape index (κ1) is 9.93. The number of hydrogen-bond donors (Lipinski definition) is 1. The van der Waals surface area contributed by atoms with Gasteiger partial charge in [0.15, 0.2) is 0 Å². The second-order valence-corrected chi connectivity index (χ2v) is 4.38. The minimum atomic E-state index is -0.500. The topological polar surface area (TPSA) is 55.6 Å². The summed E-state index contributed by atoms with van der Waals surface area (Å²) in [6.07, 6.45) is 3.93. The number of amides is 1. The van der Waals surface area contributed by atoms with E-state index in [1.54, 1.807) is 7.11 Å². The zero-order valence-electron chi connectivity index (χ0n) is 8.66. The molecule has 0 bridgehead atoms. The van der Waals surface area contributed by atoms with Gasteiger partial charge in [-0.05, 0) is 25.7 Å². The first-order valence-electron chi connectivity index (χ1n) is 5.27. The van der Waals surface area contributed by atoms with Crippen LogP contribution in [-0.4, -0.2) is 42.6 Å². The third-order valence-corrected chi connectivity index (χ3v) is 3.28. The zero-order valence-corrected chi connectivity index (χ0v) is 8.66. The molecule has 2 N–H and O–H groups in total. The monoisotopic (exact) mass is 198 g/mol. The number of nitrogens with two attached hydrogens (primary N) is 1. The van der Waals surface area contributed by atoms with Gasteiger partial charge in [0.05, 0.1) is 11.6 Å². The maximum atomic E-state index is 11.8. The molecule has 0 aromatic carbocycles. The standard InChI is InChI=1S/C10H18N2O2/c1-14-8-2-6-12(7-3-8)9(13)10(11)4-5-10/h8H,2-7,11H2,1H3. The smallest absolute Gasteiger partial charge is 0.242 e. The summed E-state index contributed by atoms with van der Waals surface area (Å²) in [4.78, 5) is 13.7. The van der Waals surface area contributed by atoms with Crippen LogP contribution >= 0.6 is 0 Å². The molecule has 1 aliphatic carbocycles. The fourth-order valence-corrected chi connectivity index (χ4v) is 1.96. The lowest BCUT2D eigenvalue weighted by Gasteiger charge is -2.32. The van der Waals surface area contributed by atoms with Crippen LogP contribution in [0.3, 0.4) is 0 Å². The summed E-state index contributed by atoms with van der Waals surface area (Å²) < 4.78 is 5.25. The van der Waals surface area contributed by atoms with E-state index in [0.717, 1.165) is 38.8 Å². The quantitative estimate of drug-likeness (QED) is 0.685. The molecule has 0 aromatic rings. The van der Waals surface area contributed by atoms with Gasteiger partial charge in [-0.1, -0.05) is 0 Å². The third kappa shape index (κ3) is 1.77. The molecule has 0 spiro atoms. The van der Waals surface area contributed by atoms with Gasteiger partial charge in [0, 0.05) is 20.2 Å². The zero-order chi connectivity index (χ0) is 10.2. The highest BCUT2D eigenvalue weighted by Crippen LogP contribution is 2.34. The Morgan fingerprint density at radius 2 is 2.00 bits per heavy atom. The Labute approximate surface area is 84.4 Å². The molecule has 0 atom stereocenters. The molecule has 1 saturated heterocycles. The van der Waals surface area contributed by atoms with Crippen molar-refractivity contribution in [2.45, 2.75) is 37.3 Å². The molecule has 4 nitrogen and oxygen atoms in total. The van der Waals surface area contributed by atoms with Crippen molar-refractivity contribution in [2.24, 2.45) is 5.73 Å². The largest absolute Gasteiger partial charge is 0.381 e. The van der Waals surface area contributed by atoms with Gasteiger partial charge in [-0.25, -0.2) is 0 Å². The number of likely N-dealkylation sites (tertiary alicyclic amines) is 1. The molecule has 1 aliphatic heterocycles. The summed E-state index contributed by atoms with van der Waals surface area (Å²) in [5.74, 6) is 0.145. The van der Waals surface area contributed by atoms with Crippen molar-refractivity contribution in [1.82, 2.24) is 4.90 Å². The molecular weight excluding hydrogens is 180 g/mol. The van der Waals surface area contributed by atoms with Gasteiger partial charge in [-0.3, -0.25) is 4.79 Å². The fourth-order valence-electron chi connectivity index (χ4n) is 1.96. The summed E-state index contributed by atoms with van der Waals surface area (Å²) in [5, 5.41) is 0. The Kier molecular flexibility index (Phi) is 2.49. The van der Waals surface area contributed by atoms with Crippen LogP contribution in [0.25, 0.3) is 0 Å². The van der Waals surface area contributed by atoms with Gasteiger partial charge >= 0.3 is 0 Å². The van der Waals surface area contributed by atoms with Crippen LogP contribution in [0.5, 0.6) is 0 Å². The summed E-state index contributed by atoms with van der Waals surface area (Å²) in [6.45, 7) is 1.60. The number of methoxy groups -OCH3 is 1. The van der Waals surface area contributed by atoms with Crippen LogP contribution in [0, 0.1) is 0 Å². The predicted octanol–water partition coefficient (Wildman–Crippen LogP) is 0.115. The van der Waals surface area contributed by atoms with E-state index in [9.17, 15) is 4.79 Å². The molecular formula is C10H18N2O2. The van der Waals surface area contributed by atoms with Gasteiger partial charge in [0.1, 0.15) is 0 Å². The maximum absolute atomic E-state index is 11.8. The van der Waals surface area contributed by atoms with Gasteiger partial charge in [0.25, 0.3) is 0 Å². The average Bonchev–Trinajstić information content (AvgIpc) is 2.97. The highest BCUT2D eigenvalue weighted by molar-refractivity contribution is 5.89. The number of ether oxygens (including phenoxy) is 1. The van der Waals surface area contributed by atoms with E-state index in [2.05, 4.69) is 0 Å². The van der Waals surface area contributed by atoms with Crippen molar-refractivity contribution in [1.29, 1.82) is 0 Å². The number of hydrogen-bond acceptors (Lipinski definition) is 3. The van der Waals surface area contributed by atoms with Crippen LogP contribution in [0.15, 0.2) is 0 Å². The molecule has 0 radical (unpaired) electrons. The molecule has 14 heavy (non-hydrogen) atoms. The summed E-state index contributed by atoms with van der Waals surface area (Å²) >= 11 is 0. The molecule has 0 unspecified atom stereocenters. The first-order valence-corrected chi connectivity index (χ1v) is 5.27. The van der Waals surface area contributed by atoms with Crippen LogP contribution < -0.4 is 5.73 Å². The van der Waals surface area contributed by atoms with E-state index in [1.165, 1.54) is 0 Å². The molecule has 4 heteroatoms. The van der Waals surface area contributed by atoms with Crippen LogP contribution in [0.1, 0.15) is 25.7 Å². The van der Waals surface area contributed by atoms with E-state index < -0.39 is 5.54 Å². The van der Waals surface area contributed by atoms with Crippen molar-refractivity contribution < 1.29 is 9.53 Å². The van der Waals surface area contributed by atoms with Crippen LogP contribution in [0.4, 0.5) is 0 Å². The average molecular weight is 198 g/mol. The molecule has 2 aliphatic rings. The van der Waals surface area contributed by atoms with E-state index in [4.69, 9.17) is 10.5 Å². The Bertz CT molecular complexity index is 230. The number of nitrogens with zero attached hydrogens (tertiary/aromatic N) is 1. The van der Waals surface area contributed by atoms with Gasteiger partial charge in [0.2, 0.25) is 5.91 Å². The van der Waals surface area contributed by atoms with E-state index in [-0.39, 0.29) is 5.91 Å². The fraction of sp³-hybridized carbons (Fsp3) is 0.900. The highest BCUT2D eigenvalue weighted by atomic mass is 16.5. The van der Waals surface area contributed by atoms with Crippen molar-refractivity contribution in [3.05, 3.63) is 0 Å². The molecule has 1 amide bonds. The van der Waals surface area contributed by atoms with Crippen LogP contribution in [-0.2, 0) is 9.53 Å². The van der Waals surface area contributed by atoms with Crippen molar-refractivity contribution in [2.75, 3.05) is 20.2 Å². The lowest BCUT2D eigenvalue weighted by molar-refractivity contribution is -0.135. The normalized spacial score (nSPS) is 26.3. The van der Waals surface area contributed by atoms with E-state index in [0.29, 0.717) is 6.10 Å².